The number of ether oxygens (including phenoxy) is 1. The molecule has 5 nitrogen and oxygen atoms in total. The topological polar surface area (TPSA) is 48.9 Å². The van der Waals surface area contributed by atoms with Gasteiger partial charge in [0, 0.05) is 51.8 Å². The van der Waals surface area contributed by atoms with Gasteiger partial charge in [-0.3, -0.25) is 4.99 Å². The Morgan fingerprint density at radius 3 is 2.69 bits per heavy atom. The van der Waals surface area contributed by atoms with Gasteiger partial charge < -0.3 is 20.3 Å². The Morgan fingerprint density at radius 2 is 1.93 bits per heavy atom. The van der Waals surface area contributed by atoms with Crippen LogP contribution in [-0.2, 0) is 4.74 Å². The Balaban J connectivity index is 0.00000240. The molecule has 6 heteroatoms. The Kier molecular flexibility index (Phi) is 9.06. The van der Waals surface area contributed by atoms with Crippen LogP contribution in [0.25, 0.3) is 0 Å². The van der Waals surface area contributed by atoms with Crippen molar-refractivity contribution in [3.05, 3.63) is 35.9 Å². The third kappa shape index (κ3) is 6.31. The summed E-state index contributed by atoms with van der Waals surface area (Å²) in [5.41, 5.74) is 1.29. The molecule has 162 valence electrons. The molecule has 1 saturated carbocycles. The SMILES string of the molecule is CN=C(NCC1CCOC1c1ccccc1)NC1CCN(CC2CCCC2)C1.I. The highest BCUT2D eigenvalue weighted by atomic mass is 127. The summed E-state index contributed by atoms with van der Waals surface area (Å²) < 4.78 is 6.02. The number of rotatable bonds is 6. The first-order chi connectivity index (χ1) is 13.8. The van der Waals surface area contributed by atoms with E-state index in [2.05, 4.69) is 50.9 Å². The molecule has 0 amide bonds. The van der Waals surface area contributed by atoms with Crippen molar-refractivity contribution in [1.29, 1.82) is 0 Å². The highest BCUT2D eigenvalue weighted by Crippen LogP contribution is 2.33. The zero-order chi connectivity index (χ0) is 19.2. The van der Waals surface area contributed by atoms with E-state index >= 15 is 0 Å². The standard InChI is InChI=1S/C23H36N4O.HI/c1-24-23(26-21-11-13-27(17-21)16-18-7-5-6-8-18)25-15-20-12-14-28-22(20)19-9-3-2-4-10-19;/h2-4,9-10,18,20-22H,5-8,11-17H2,1H3,(H2,24,25,26);1H. The number of aliphatic imine (C=N–C) groups is 1. The number of hydrogen-bond donors (Lipinski definition) is 2. The van der Waals surface area contributed by atoms with Crippen LogP contribution in [0.4, 0.5) is 0 Å². The molecule has 0 aromatic heterocycles. The van der Waals surface area contributed by atoms with Gasteiger partial charge in [-0.05, 0) is 37.2 Å². The molecular weight excluding hydrogens is 475 g/mol. The van der Waals surface area contributed by atoms with Crippen LogP contribution in [0.3, 0.4) is 0 Å². The Labute approximate surface area is 193 Å². The quantitative estimate of drug-likeness (QED) is 0.346. The van der Waals surface area contributed by atoms with Crippen LogP contribution < -0.4 is 10.6 Å². The molecule has 1 aliphatic carbocycles. The summed E-state index contributed by atoms with van der Waals surface area (Å²) in [6, 6.07) is 11.1. The number of guanidine groups is 1. The van der Waals surface area contributed by atoms with E-state index in [1.165, 1.54) is 50.8 Å². The van der Waals surface area contributed by atoms with Gasteiger partial charge in [0.25, 0.3) is 0 Å². The lowest BCUT2D eigenvalue weighted by atomic mass is 9.95. The smallest absolute Gasteiger partial charge is 0.191 e. The van der Waals surface area contributed by atoms with E-state index in [4.69, 9.17) is 4.74 Å². The zero-order valence-electron chi connectivity index (χ0n) is 17.7. The lowest BCUT2D eigenvalue weighted by molar-refractivity contribution is 0.0915. The number of nitrogens with zero attached hydrogens (tertiary/aromatic N) is 2. The van der Waals surface area contributed by atoms with Crippen LogP contribution in [0.15, 0.2) is 35.3 Å². The van der Waals surface area contributed by atoms with E-state index in [0.29, 0.717) is 12.0 Å². The third-order valence-corrected chi connectivity index (χ3v) is 6.70. The first kappa shape index (κ1) is 22.8. The van der Waals surface area contributed by atoms with Gasteiger partial charge in [-0.2, -0.15) is 0 Å². The van der Waals surface area contributed by atoms with E-state index in [1.54, 1.807) is 0 Å². The van der Waals surface area contributed by atoms with Gasteiger partial charge >= 0.3 is 0 Å². The number of hydrogen-bond acceptors (Lipinski definition) is 3. The molecule has 29 heavy (non-hydrogen) atoms. The Hall–Kier alpha value is -0.860. The lowest BCUT2D eigenvalue weighted by Gasteiger charge is -2.23. The van der Waals surface area contributed by atoms with Crippen molar-refractivity contribution in [2.75, 3.05) is 39.8 Å². The number of benzene rings is 1. The summed E-state index contributed by atoms with van der Waals surface area (Å²) in [6.45, 7) is 5.41. The van der Waals surface area contributed by atoms with Crippen molar-refractivity contribution in [3.63, 3.8) is 0 Å². The zero-order valence-corrected chi connectivity index (χ0v) is 20.0. The molecule has 3 aliphatic rings. The van der Waals surface area contributed by atoms with E-state index < -0.39 is 0 Å². The van der Waals surface area contributed by atoms with Crippen molar-refractivity contribution in [3.8, 4) is 0 Å². The molecule has 3 unspecified atom stereocenters. The van der Waals surface area contributed by atoms with Crippen molar-refractivity contribution < 1.29 is 4.74 Å². The normalized spacial score (nSPS) is 28.4. The number of nitrogens with one attached hydrogen (secondary N) is 2. The second-order valence-corrected chi connectivity index (χ2v) is 8.74. The summed E-state index contributed by atoms with van der Waals surface area (Å²) in [5, 5.41) is 7.22. The molecule has 2 N–H and O–H groups in total. The van der Waals surface area contributed by atoms with Crippen LogP contribution in [0.2, 0.25) is 0 Å². The monoisotopic (exact) mass is 512 g/mol. The van der Waals surface area contributed by atoms with Crippen LogP contribution >= 0.6 is 24.0 Å². The Morgan fingerprint density at radius 1 is 1.14 bits per heavy atom. The summed E-state index contributed by atoms with van der Waals surface area (Å²) >= 11 is 0. The molecule has 0 bridgehead atoms. The van der Waals surface area contributed by atoms with Gasteiger partial charge in [-0.1, -0.05) is 43.2 Å². The van der Waals surface area contributed by atoms with Gasteiger partial charge in [0.2, 0.25) is 0 Å². The molecule has 3 fully saturated rings. The summed E-state index contributed by atoms with van der Waals surface area (Å²) in [7, 11) is 1.88. The fourth-order valence-corrected chi connectivity index (χ4v) is 5.14. The number of halogens is 1. The average molecular weight is 512 g/mol. The molecule has 0 spiro atoms. The molecule has 4 rings (SSSR count). The molecule has 2 saturated heterocycles. The minimum absolute atomic E-state index is 0. The fraction of sp³-hybridized carbons (Fsp3) is 0.696. The van der Waals surface area contributed by atoms with Crippen molar-refractivity contribution in [2.24, 2.45) is 16.8 Å². The van der Waals surface area contributed by atoms with E-state index in [0.717, 1.165) is 38.0 Å². The highest BCUT2D eigenvalue weighted by molar-refractivity contribution is 14.0. The highest BCUT2D eigenvalue weighted by Gasteiger charge is 2.30. The third-order valence-electron chi connectivity index (χ3n) is 6.70. The first-order valence-corrected chi connectivity index (χ1v) is 11.2. The Bertz CT molecular complexity index is 635. The summed E-state index contributed by atoms with van der Waals surface area (Å²) in [6.07, 6.45) is 8.25. The lowest BCUT2D eigenvalue weighted by Crippen LogP contribution is -2.46. The van der Waals surface area contributed by atoms with E-state index in [-0.39, 0.29) is 30.1 Å². The molecule has 3 atom stereocenters. The summed E-state index contributed by atoms with van der Waals surface area (Å²) in [5.74, 6) is 2.36. The molecule has 2 aliphatic heterocycles. The minimum atomic E-state index is 0. The summed E-state index contributed by atoms with van der Waals surface area (Å²) in [4.78, 5) is 7.12. The van der Waals surface area contributed by atoms with Gasteiger partial charge in [0.05, 0.1) is 6.10 Å². The second-order valence-electron chi connectivity index (χ2n) is 8.74. The van der Waals surface area contributed by atoms with Crippen LogP contribution in [-0.4, -0.2) is 56.7 Å². The maximum atomic E-state index is 6.02. The van der Waals surface area contributed by atoms with E-state index in [9.17, 15) is 0 Å². The maximum absolute atomic E-state index is 6.02. The first-order valence-electron chi connectivity index (χ1n) is 11.2. The van der Waals surface area contributed by atoms with Gasteiger partial charge in [0.15, 0.2) is 5.96 Å². The minimum Gasteiger partial charge on any atom is -0.373 e. The second kappa shape index (κ2) is 11.5. The van der Waals surface area contributed by atoms with Gasteiger partial charge in [-0.25, -0.2) is 0 Å². The molecule has 2 heterocycles. The molecular formula is C23H37IN4O. The van der Waals surface area contributed by atoms with E-state index in [1.807, 2.05) is 7.05 Å². The molecule has 1 aromatic carbocycles. The molecule has 0 radical (unpaired) electrons. The van der Waals surface area contributed by atoms with Crippen LogP contribution in [0, 0.1) is 11.8 Å². The van der Waals surface area contributed by atoms with Gasteiger partial charge in [0.1, 0.15) is 0 Å². The van der Waals surface area contributed by atoms with Gasteiger partial charge in [-0.15, -0.1) is 24.0 Å². The van der Waals surface area contributed by atoms with Crippen molar-refractivity contribution in [2.45, 2.75) is 50.7 Å². The van der Waals surface area contributed by atoms with Crippen LogP contribution in [0.5, 0.6) is 0 Å². The van der Waals surface area contributed by atoms with Crippen molar-refractivity contribution in [1.82, 2.24) is 15.5 Å². The maximum Gasteiger partial charge on any atom is 0.191 e. The average Bonchev–Trinajstić information content (AvgIpc) is 3.49. The predicted molar refractivity (Wildman–Crippen MR) is 130 cm³/mol. The number of likely N-dealkylation sites (tertiary alicyclic amines) is 1. The molecule has 1 aromatic rings. The van der Waals surface area contributed by atoms with Crippen LogP contribution in [0.1, 0.15) is 50.2 Å². The predicted octanol–water partition coefficient (Wildman–Crippen LogP) is 3.81. The largest absolute Gasteiger partial charge is 0.373 e. The van der Waals surface area contributed by atoms with Crippen molar-refractivity contribution >= 4 is 29.9 Å². The fourth-order valence-electron chi connectivity index (χ4n) is 5.14.